The molecule has 0 fully saturated rings. The number of alkyl halides is 3. The van der Waals surface area contributed by atoms with E-state index >= 15 is 0 Å². The maximum Gasteiger partial charge on any atom is 0.430 e. The molecule has 3 nitrogen and oxygen atoms in total. The molecule has 0 N–H and O–H groups in total. The Bertz CT molecular complexity index is 676. The second-order valence-corrected chi connectivity index (χ2v) is 9.21. The summed E-state index contributed by atoms with van der Waals surface area (Å²) in [6.45, 7) is 7.70. The summed E-state index contributed by atoms with van der Waals surface area (Å²) in [5.41, 5.74) is -1.99. The van der Waals surface area contributed by atoms with Crippen molar-refractivity contribution in [2.45, 2.75) is 57.4 Å². The molecule has 1 aromatic rings. The van der Waals surface area contributed by atoms with Crippen LogP contribution in [0.1, 0.15) is 46.6 Å². The third kappa shape index (κ3) is 5.80. The van der Waals surface area contributed by atoms with Crippen molar-refractivity contribution in [3.05, 3.63) is 29.6 Å². The lowest BCUT2D eigenvalue weighted by Gasteiger charge is -2.28. The summed E-state index contributed by atoms with van der Waals surface area (Å²) < 4.78 is 73.5. The van der Waals surface area contributed by atoms with Crippen molar-refractivity contribution in [1.82, 2.24) is 0 Å². The summed E-state index contributed by atoms with van der Waals surface area (Å²) in [5, 5.41) is 0. The van der Waals surface area contributed by atoms with Gasteiger partial charge in [0.1, 0.15) is 28.3 Å². The van der Waals surface area contributed by atoms with E-state index < -0.39 is 45.3 Å². The molecule has 0 saturated heterocycles. The zero-order valence-electron chi connectivity index (χ0n) is 15.1. The second kappa shape index (κ2) is 7.43. The minimum absolute atomic E-state index is 0.282. The van der Waals surface area contributed by atoms with Gasteiger partial charge in [-0.25, -0.2) is 8.60 Å². The highest BCUT2D eigenvalue weighted by Crippen LogP contribution is 2.38. The molecule has 0 spiro atoms. The van der Waals surface area contributed by atoms with Gasteiger partial charge in [0.15, 0.2) is 0 Å². The first kappa shape index (κ1) is 21.6. The van der Waals surface area contributed by atoms with E-state index in [1.807, 2.05) is 0 Å². The van der Waals surface area contributed by atoms with Gasteiger partial charge in [0.05, 0.1) is 11.9 Å². The van der Waals surface area contributed by atoms with Crippen molar-refractivity contribution >= 4 is 16.7 Å². The van der Waals surface area contributed by atoms with E-state index in [1.54, 1.807) is 20.8 Å². The van der Waals surface area contributed by atoms with Gasteiger partial charge in [-0.3, -0.25) is 0 Å². The van der Waals surface area contributed by atoms with E-state index in [0.29, 0.717) is 0 Å². The van der Waals surface area contributed by atoms with Crippen LogP contribution in [0.5, 0.6) is 5.75 Å². The van der Waals surface area contributed by atoms with Crippen LogP contribution in [-0.2, 0) is 16.4 Å². The van der Waals surface area contributed by atoms with Crippen LogP contribution in [-0.4, -0.2) is 28.0 Å². The second-order valence-electron chi connectivity index (χ2n) is 7.30. The summed E-state index contributed by atoms with van der Waals surface area (Å²) >= 11 is 0. The molecule has 0 bridgehead atoms. The van der Waals surface area contributed by atoms with Crippen molar-refractivity contribution in [2.75, 3.05) is 7.11 Å². The highest BCUT2D eigenvalue weighted by molar-refractivity contribution is 7.85. The molecule has 0 radical (unpaired) electrons. The molecule has 0 saturated carbocycles. The molecule has 25 heavy (non-hydrogen) atoms. The Kier molecular flexibility index (Phi) is 6.42. The van der Waals surface area contributed by atoms with Crippen LogP contribution in [0.3, 0.4) is 0 Å². The van der Waals surface area contributed by atoms with Crippen LogP contribution >= 0.6 is 0 Å². The van der Waals surface area contributed by atoms with Gasteiger partial charge in [0, 0.05) is 12.0 Å². The monoisotopic (exact) mass is 381 g/mol. The van der Waals surface area contributed by atoms with E-state index in [2.05, 4.69) is 4.40 Å². The summed E-state index contributed by atoms with van der Waals surface area (Å²) in [6.07, 6.45) is -5.29. The van der Waals surface area contributed by atoms with Crippen molar-refractivity contribution in [3.63, 3.8) is 0 Å². The Balaban J connectivity index is 3.35. The summed E-state index contributed by atoms with van der Waals surface area (Å²) in [6, 6.07) is 3.68. The first-order valence-electron chi connectivity index (χ1n) is 7.59. The number of halogens is 4. The predicted molar refractivity (Wildman–Crippen MR) is 92.0 cm³/mol. The van der Waals surface area contributed by atoms with Crippen LogP contribution in [0.15, 0.2) is 22.6 Å². The molecule has 0 amide bonds. The Morgan fingerprint density at radius 1 is 1.16 bits per heavy atom. The highest BCUT2D eigenvalue weighted by atomic mass is 32.2. The van der Waals surface area contributed by atoms with Crippen molar-refractivity contribution in [1.29, 1.82) is 0 Å². The smallest absolute Gasteiger partial charge is 0.430 e. The van der Waals surface area contributed by atoms with Crippen molar-refractivity contribution < 1.29 is 26.5 Å². The number of hydrogen-bond donors (Lipinski definition) is 0. The van der Waals surface area contributed by atoms with Gasteiger partial charge in [-0.15, -0.1) is 0 Å². The standard InChI is InChI=1S/C17H23F4NO2S/c1-15(2,3)25(23)22-14(17(19,20)21)10-16(4,5)12-9-11(18)7-8-13(12)24-6/h7-9H,10H2,1-6H3. The molecular weight excluding hydrogens is 358 g/mol. The SMILES string of the molecule is COc1ccc(F)cc1C(C)(C)CC(=NS(=O)C(C)(C)C)C(F)(F)F. The number of nitrogens with zero attached hydrogens (tertiary/aromatic N) is 1. The Morgan fingerprint density at radius 3 is 2.16 bits per heavy atom. The lowest BCUT2D eigenvalue weighted by atomic mass is 9.79. The minimum Gasteiger partial charge on any atom is -0.496 e. The average molecular weight is 381 g/mol. The van der Waals surface area contributed by atoms with E-state index in [-0.39, 0.29) is 11.3 Å². The third-order valence-electron chi connectivity index (χ3n) is 3.54. The first-order valence-corrected chi connectivity index (χ1v) is 8.70. The number of methoxy groups -OCH3 is 1. The lowest BCUT2D eigenvalue weighted by Crippen LogP contribution is -2.33. The summed E-state index contributed by atoms with van der Waals surface area (Å²) in [4.78, 5) is 0. The van der Waals surface area contributed by atoms with Gasteiger partial charge in [0.2, 0.25) is 0 Å². The molecule has 0 aliphatic carbocycles. The summed E-state index contributed by atoms with van der Waals surface area (Å²) in [5.74, 6) is -0.294. The quantitative estimate of drug-likeness (QED) is 0.534. The number of rotatable bonds is 5. The normalized spacial score (nSPS) is 15.2. The van der Waals surface area contributed by atoms with Crippen molar-refractivity contribution in [2.24, 2.45) is 4.40 Å². The van der Waals surface area contributed by atoms with Crippen LogP contribution in [0.2, 0.25) is 0 Å². The van der Waals surface area contributed by atoms with E-state index in [0.717, 1.165) is 6.07 Å². The molecule has 0 aliphatic rings. The molecule has 142 valence electrons. The van der Waals surface area contributed by atoms with Gasteiger partial charge in [-0.1, -0.05) is 13.8 Å². The molecule has 1 unspecified atom stereocenters. The predicted octanol–water partition coefficient (Wildman–Crippen LogP) is 4.97. The molecule has 0 aromatic heterocycles. The van der Waals surface area contributed by atoms with Crippen LogP contribution in [0, 0.1) is 5.82 Å². The topological polar surface area (TPSA) is 38.7 Å². The number of benzene rings is 1. The van der Waals surface area contributed by atoms with E-state index in [9.17, 15) is 21.8 Å². The first-order chi connectivity index (χ1) is 11.2. The lowest BCUT2D eigenvalue weighted by molar-refractivity contribution is -0.0611. The molecule has 8 heteroatoms. The minimum atomic E-state index is -4.74. The average Bonchev–Trinajstić information content (AvgIpc) is 2.44. The van der Waals surface area contributed by atoms with Gasteiger partial charge in [-0.05, 0) is 44.4 Å². The van der Waals surface area contributed by atoms with Gasteiger partial charge < -0.3 is 4.74 Å². The molecule has 1 rings (SSSR count). The largest absolute Gasteiger partial charge is 0.496 e. The molecule has 0 aliphatic heterocycles. The highest BCUT2D eigenvalue weighted by Gasteiger charge is 2.41. The maximum absolute atomic E-state index is 13.6. The number of hydrogen-bond acceptors (Lipinski definition) is 2. The third-order valence-corrected chi connectivity index (χ3v) is 4.98. The zero-order chi connectivity index (χ0) is 19.6. The Morgan fingerprint density at radius 2 is 1.72 bits per heavy atom. The Labute approximate surface area is 148 Å². The van der Waals surface area contributed by atoms with Gasteiger partial charge in [-0.2, -0.15) is 17.6 Å². The molecule has 1 aromatic carbocycles. The maximum atomic E-state index is 13.6. The fourth-order valence-corrected chi connectivity index (χ4v) is 2.79. The van der Waals surface area contributed by atoms with Gasteiger partial charge in [0.25, 0.3) is 0 Å². The number of ether oxygens (including phenoxy) is 1. The van der Waals surface area contributed by atoms with E-state index in [1.165, 1.54) is 33.1 Å². The fraction of sp³-hybridized carbons (Fsp3) is 0.588. The summed E-state index contributed by atoms with van der Waals surface area (Å²) in [7, 11) is -0.693. The van der Waals surface area contributed by atoms with Gasteiger partial charge >= 0.3 is 6.18 Å². The molecule has 1 atom stereocenters. The Hall–Kier alpha value is -1.44. The van der Waals surface area contributed by atoms with Crippen LogP contribution in [0.4, 0.5) is 17.6 Å². The van der Waals surface area contributed by atoms with Crippen molar-refractivity contribution in [3.8, 4) is 5.75 Å². The van der Waals surface area contributed by atoms with Crippen LogP contribution in [0.25, 0.3) is 0 Å². The zero-order valence-corrected chi connectivity index (χ0v) is 15.9. The van der Waals surface area contributed by atoms with E-state index in [4.69, 9.17) is 4.74 Å². The molecular formula is C17H23F4NO2S. The van der Waals surface area contributed by atoms with Crippen LogP contribution < -0.4 is 4.74 Å². The fourth-order valence-electron chi connectivity index (χ4n) is 2.14. The molecule has 0 heterocycles.